The first-order chi connectivity index (χ1) is 11.6. The van der Waals surface area contributed by atoms with Crippen molar-refractivity contribution in [2.45, 2.75) is 16.7 Å². The molecule has 0 fully saturated rings. The summed E-state index contributed by atoms with van der Waals surface area (Å²) < 4.78 is 30.5. The number of hydrogen-bond donors (Lipinski definition) is 0. The minimum absolute atomic E-state index is 0.0101. The Morgan fingerprint density at radius 3 is 2.58 bits per heavy atom. The van der Waals surface area contributed by atoms with Crippen LogP contribution in [0.1, 0.15) is 15.9 Å². The van der Waals surface area contributed by atoms with E-state index in [2.05, 4.69) is 33.0 Å². The second-order valence-corrected chi connectivity index (χ2v) is 8.77. The quantitative estimate of drug-likeness (QED) is 0.498. The molecule has 24 heavy (non-hydrogen) atoms. The van der Waals surface area contributed by atoms with Crippen LogP contribution >= 0.6 is 15.9 Å². The number of halogens is 3. The Morgan fingerprint density at radius 2 is 1.92 bits per heavy atom. The van der Waals surface area contributed by atoms with Crippen LogP contribution in [0.25, 0.3) is 0 Å². The molecule has 3 rings (SSSR count). The van der Waals surface area contributed by atoms with Crippen LogP contribution in [0.5, 0.6) is 0 Å². The fraction of sp³-hybridized carbons (Fsp3) is 0.167. The van der Waals surface area contributed by atoms with Crippen LogP contribution in [0.2, 0.25) is 0 Å². The topological polar surface area (TPSA) is 17.8 Å². The third-order valence-electron chi connectivity index (χ3n) is 3.61. The van der Waals surface area contributed by atoms with Crippen molar-refractivity contribution in [2.24, 2.45) is 0 Å². The molecule has 0 N–H and O–H groups in total. The molecule has 0 amide bonds. The molecule has 0 aliphatic carbocycles. The molecule has 3 aromatic rings. The van der Waals surface area contributed by atoms with E-state index in [9.17, 15) is 8.78 Å². The van der Waals surface area contributed by atoms with Crippen LogP contribution in [0.3, 0.4) is 0 Å². The molecule has 0 bridgehead atoms. The molecule has 2 nitrogen and oxygen atoms in total. The molecule has 1 aromatic heterocycles. The summed E-state index contributed by atoms with van der Waals surface area (Å²) in [5.41, 5.74) is 1.79. The first kappa shape index (κ1) is 17.3. The van der Waals surface area contributed by atoms with E-state index in [0.717, 1.165) is 15.9 Å². The maximum atomic E-state index is 14.2. The molecule has 0 spiro atoms. The van der Waals surface area contributed by atoms with Gasteiger partial charge in [-0.15, -0.1) is 0 Å². The molecular weight excluding hydrogens is 441 g/mol. The SMILES string of the molecule is Fc1ccc(C(Cn2ccnc2)[Se]Cc2ccc(Br)cc2)c(F)c1. The fourth-order valence-electron chi connectivity index (χ4n) is 2.37. The molecule has 1 atom stereocenters. The van der Waals surface area contributed by atoms with Crippen molar-refractivity contribution in [1.82, 2.24) is 9.55 Å². The van der Waals surface area contributed by atoms with Gasteiger partial charge in [0.15, 0.2) is 0 Å². The average molecular weight is 456 g/mol. The van der Waals surface area contributed by atoms with Crippen molar-refractivity contribution in [2.75, 3.05) is 0 Å². The molecule has 6 heteroatoms. The third-order valence-corrected chi connectivity index (χ3v) is 6.88. The molecule has 0 aliphatic heterocycles. The van der Waals surface area contributed by atoms with Gasteiger partial charge in [0.25, 0.3) is 0 Å². The van der Waals surface area contributed by atoms with Gasteiger partial charge in [-0.25, -0.2) is 0 Å². The molecule has 124 valence electrons. The van der Waals surface area contributed by atoms with E-state index >= 15 is 0 Å². The molecule has 1 heterocycles. The van der Waals surface area contributed by atoms with E-state index in [1.165, 1.54) is 11.6 Å². The molecule has 1 unspecified atom stereocenters. The fourth-order valence-corrected chi connectivity index (χ4v) is 5.22. The second-order valence-electron chi connectivity index (χ2n) is 5.35. The van der Waals surface area contributed by atoms with Gasteiger partial charge in [-0.3, -0.25) is 0 Å². The number of benzene rings is 2. The summed E-state index contributed by atoms with van der Waals surface area (Å²) in [4.78, 5) is 4.05. The van der Waals surface area contributed by atoms with Crippen molar-refractivity contribution in [3.05, 3.63) is 88.4 Å². The Morgan fingerprint density at radius 1 is 1.12 bits per heavy atom. The minimum atomic E-state index is -0.543. The van der Waals surface area contributed by atoms with Gasteiger partial charge in [-0.05, 0) is 0 Å². The summed E-state index contributed by atoms with van der Waals surface area (Å²) in [6.07, 6.45) is 5.30. The Bertz CT molecular complexity index is 791. The van der Waals surface area contributed by atoms with E-state index in [-0.39, 0.29) is 19.8 Å². The van der Waals surface area contributed by atoms with E-state index in [1.807, 2.05) is 22.9 Å². The molecule has 0 saturated heterocycles. The molecule has 2 aromatic carbocycles. The first-order valence-corrected chi connectivity index (χ1v) is 10.4. The summed E-state index contributed by atoms with van der Waals surface area (Å²) in [6.45, 7) is 0.638. The zero-order valence-corrected chi connectivity index (χ0v) is 16.0. The Balaban J connectivity index is 1.80. The monoisotopic (exact) mass is 456 g/mol. The van der Waals surface area contributed by atoms with Crippen molar-refractivity contribution >= 4 is 30.9 Å². The summed E-state index contributed by atoms with van der Waals surface area (Å²) in [5.74, 6) is -1.02. The number of hydrogen-bond acceptors (Lipinski definition) is 1. The number of rotatable bonds is 6. The maximum absolute atomic E-state index is 14.2. The molecule has 0 aliphatic rings. The summed E-state index contributed by atoms with van der Waals surface area (Å²) in [7, 11) is 0. The van der Waals surface area contributed by atoms with E-state index < -0.39 is 11.6 Å². The van der Waals surface area contributed by atoms with Crippen LogP contribution in [0, 0.1) is 11.6 Å². The van der Waals surface area contributed by atoms with Gasteiger partial charge in [0.05, 0.1) is 0 Å². The molecule has 0 saturated carbocycles. The van der Waals surface area contributed by atoms with Gasteiger partial charge in [-0.1, -0.05) is 0 Å². The third kappa shape index (κ3) is 4.53. The molecular formula is C18H15BrF2N2Se. The predicted molar refractivity (Wildman–Crippen MR) is 94.9 cm³/mol. The standard InChI is InChI=1S/C18H15BrF2N2Se/c19-14-3-1-13(2-4-14)11-24-18(10-23-8-7-22-12-23)16-6-5-15(20)9-17(16)21/h1-9,12,18H,10-11H2. The molecule has 0 radical (unpaired) electrons. The van der Waals surface area contributed by atoms with Crippen molar-refractivity contribution in [3.63, 3.8) is 0 Å². The van der Waals surface area contributed by atoms with Crippen molar-refractivity contribution < 1.29 is 8.78 Å². The average Bonchev–Trinajstić information content (AvgIpc) is 3.06. The van der Waals surface area contributed by atoms with E-state index in [4.69, 9.17) is 0 Å². The number of aromatic nitrogens is 2. The van der Waals surface area contributed by atoms with Gasteiger partial charge >= 0.3 is 154 Å². The zero-order valence-electron chi connectivity index (χ0n) is 12.7. The van der Waals surface area contributed by atoms with Crippen LogP contribution in [0.15, 0.2) is 65.7 Å². The van der Waals surface area contributed by atoms with Crippen LogP contribution in [-0.4, -0.2) is 24.5 Å². The Labute approximate surface area is 154 Å². The van der Waals surface area contributed by atoms with Crippen molar-refractivity contribution in [1.29, 1.82) is 0 Å². The van der Waals surface area contributed by atoms with Crippen LogP contribution < -0.4 is 0 Å². The Hall–Kier alpha value is -1.49. The van der Waals surface area contributed by atoms with Gasteiger partial charge < -0.3 is 0 Å². The summed E-state index contributed by atoms with van der Waals surface area (Å²) in [5, 5.41) is 0.885. The summed E-state index contributed by atoms with van der Waals surface area (Å²) in [6, 6.07) is 12.0. The zero-order chi connectivity index (χ0) is 16.9. The Kier molecular flexibility index (Phi) is 5.82. The van der Waals surface area contributed by atoms with Gasteiger partial charge in [0.2, 0.25) is 0 Å². The first-order valence-electron chi connectivity index (χ1n) is 7.38. The van der Waals surface area contributed by atoms with Gasteiger partial charge in [0, 0.05) is 0 Å². The van der Waals surface area contributed by atoms with Gasteiger partial charge in [0.1, 0.15) is 0 Å². The number of imidazole rings is 1. The van der Waals surface area contributed by atoms with E-state index in [1.54, 1.807) is 18.6 Å². The van der Waals surface area contributed by atoms with E-state index in [0.29, 0.717) is 12.1 Å². The normalized spacial score (nSPS) is 12.3. The summed E-state index contributed by atoms with van der Waals surface area (Å²) >= 11 is 3.55. The van der Waals surface area contributed by atoms with Crippen LogP contribution in [-0.2, 0) is 11.9 Å². The predicted octanol–water partition coefficient (Wildman–Crippen LogP) is 4.57. The van der Waals surface area contributed by atoms with Crippen LogP contribution in [0.4, 0.5) is 8.78 Å². The van der Waals surface area contributed by atoms with Gasteiger partial charge in [-0.2, -0.15) is 0 Å². The van der Waals surface area contributed by atoms with Crippen molar-refractivity contribution in [3.8, 4) is 0 Å². The number of nitrogens with zero attached hydrogens (tertiary/aromatic N) is 2. The second kappa shape index (κ2) is 8.06.